The van der Waals surface area contributed by atoms with Crippen molar-refractivity contribution in [3.63, 3.8) is 0 Å². The van der Waals surface area contributed by atoms with Crippen molar-refractivity contribution in [1.29, 1.82) is 0 Å². The molecule has 1 aliphatic rings. The van der Waals surface area contributed by atoms with E-state index in [1.54, 1.807) is 48.4 Å². The fourth-order valence-electron chi connectivity index (χ4n) is 4.38. The zero-order valence-corrected chi connectivity index (χ0v) is 21.0. The van der Waals surface area contributed by atoms with Crippen LogP contribution in [0.5, 0.6) is 0 Å². The Hall–Kier alpha value is -2.85. The summed E-state index contributed by atoms with van der Waals surface area (Å²) in [6, 6.07) is 16.8. The summed E-state index contributed by atoms with van der Waals surface area (Å²) in [5, 5.41) is 0. The number of hydrogen-bond acceptors (Lipinski definition) is 6. The second-order valence-electron chi connectivity index (χ2n) is 8.57. The van der Waals surface area contributed by atoms with Gasteiger partial charge in [0.25, 0.3) is 0 Å². The molecule has 6 nitrogen and oxygen atoms in total. The normalized spacial score (nSPS) is 15.3. The summed E-state index contributed by atoms with van der Waals surface area (Å²) >= 11 is 1.65. The van der Waals surface area contributed by atoms with Crippen LogP contribution in [0.1, 0.15) is 24.1 Å². The number of thioether (sulfide) groups is 1. The Morgan fingerprint density at radius 1 is 0.917 bits per heavy atom. The third kappa shape index (κ3) is 7.83. The van der Waals surface area contributed by atoms with E-state index in [0.717, 1.165) is 42.2 Å². The van der Waals surface area contributed by atoms with Crippen LogP contribution in [0, 0.1) is 11.6 Å². The van der Waals surface area contributed by atoms with Crippen molar-refractivity contribution in [2.45, 2.75) is 24.0 Å². The van der Waals surface area contributed by atoms with Gasteiger partial charge in [-0.25, -0.2) is 8.78 Å². The molecule has 0 saturated carbocycles. The maximum absolute atomic E-state index is 13.6. The van der Waals surface area contributed by atoms with Crippen LogP contribution in [-0.2, 0) is 9.53 Å². The van der Waals surface area contributed by atoms with Gasteiger partial charge in [0.05, 0.1) is 6.04 Å². The number of nitrogens with zero attached hydrogens (tertiary/aromatic N) is 3. The Kier molecular flexibility index (Phi) is 10.4. The van der Waals surface area contributed by atoms with Gasteiger partial charge in [-0.15, -0.1) is 11.8 Å². The van der Waals surface area contributed by atoms with Gasteiger partial charge in [0, 0.05) is 62.7 Å². The predicted molar refractivity (Wildman–Crippen MR) is 137 cm³/mol. The summed E-state index contributed by atoms with van der Waals surface area (Å²) in [5.74, 6) is -0.177. The molecule has 2 aromatic carbocycles. The largest absolute Gasteiger partial charge is 0.460 e. The van der Waals surface area contributed by atoms with Gasteiger partial charge in [-0.1, -0.05) is 24.3 Å². The second-order valence-corrected chi connectivity index (χ2v) is 9.66. The molecule has 1 aromatic heterocycles. The number of hydrogen-bond donors (Lipinski definition) is 0. The zero-order valence-electron chi connectivity index (χ0n) is 20.1. The molecule has 2 heterocycles. The highest BCUT2D eigenvalue weighted by Crippen LogP contribution is 2.30. The van der Waals surface area contributed by atoms with Crippen LogP contribution < -0.4 is 0 Å². The van der Waals surface area contributed by atoms with Gasteiger partial charge in [0.1, 0.15) is 17.7 Å². The molecule has 0 amide bonds. The lowest BCUT2D eigenvalue weighted by Crippen LogP contribution is -2.50. The SMILES string of the molecule is CC(=O)OC(CSc1ccncc1)CN1CCN(C(c2ccc(F)cc2)c2ccc(F)cc2)CC1.O. The number of pyridine rings is 1. The molecule has 2 N–H and O–H groups in total. The zero-order chi connectivity index (χ0) is 24.6. The number of carbonyl (C=O) groups is 1. The molecule has 0 bridgehead atoms. The Bertz CT molecular complexity index is 1030. The van der Waals surface area contributed by atoms with Crippen molar-refractivity contribution in [3.8, 4) is 0 Å². The summed E-state index contributed by atoms with van der Waals surface area (Å²) in [6.45, 7) is 5.27. The standard InChI is InChI=1S/C27H29F2N3O2S.H2O/c1-20(33)34-25(19-35-26-10-12-30-13-11-26)18-31-14-16-32(17-15-31)27(21-2-6-23(28)7-3-21)22-4-8-24(29)9-5-22;/h2-13,25,27H,14-19H2,1H3;1H2. The van der Waals surface area contributed by atoms with Crippen LogP contribution in [0.4, 0.5) is 8.78 Å². The lowest BCUT2D eigenvalue weighted by atomic mass is 9.96. The van der Waals surface area contributed by atoms with Crippen molar-refractivity contribution in [1.82, 2.24) is 14.8 Å². The minimum atomic E-state index is -0.281. The number of benzene rings is 2. The predicted octanol–water partition coefficient (Wildman–Crippen LogP) is 3.97. The maximum Gasteiger partial charge on any atom is 0.302 e. The van der Waals surface area contributed by atoms with E-state index < -0.39 is 0 Å². The Balaban J connectivity index is 0.00000361. The minimum absolute atomic E-state index is 0. The van der Waals surface area contributed by atoms with E-state index in [-0.39, 0.29) is 35.2 Å². The van der Waals surface area contributed by atoms with Crippen LogP contribution in [0.3, 0.4) is 0 Å². The number of piperazine rings is 1. The molecule has 4 rings (SSSR count). The van der Waals surface area contributed by atoms with Crippen molar-refractivity contribution in [2.24, 2.45) is 0 Å². The molecule has 0 radical (unpaired) electrons. The highest BCUT2D eigenvalue weighted by atomic mass is 32.2. The Morgan fingerprint density at radius 3 is 1.94 bits per heavy atom. The van der Waals surface area contributed by atoms with E-state index in [0.29, 0.717) is 12.3 Å². The van der Waals surface area contributed by atoms with Crippen LogP contribution in [0.25, 0.3) is 0 Å². The van der Waals surface area contributed by atoms with Gasteiger partial charge in [0.2, 0.25) is 0 Å². The highest BCUT2D eigenvalue weighted by Gasteiger charge is 2.28. The monoisotopic (exact) mass is 515 g/mol. The van der Waals surface area contributed by atoms with E-state index >= 15 is 0 Å². The third-order valence-corrected chi connectivity index (χ3v) is 7.17. The number of ether oxygens (including phenoxy) is 1. The highest BCUT2D eigenvalue weighted by molar-refractivity contribution is 7.99. The molecule has 0 aliphatic carbocycles. The quantitative estimate of drug-likeness (QED) is 0.317. The lowest BCUT2D eigenvalue weighted by molar-refractivity contribution is -0.146. The molecular weight excluding hydrogens is 484 g/mol. The Morgan fingerprint density at radius 2 is 1.44 bits per heavy atom. The van der Waals surface area contributed by atoms with E-state index in [9.17, 15) is 13.6 Å². The molecule has 192 valence electrons. The van der Waals surface area contributed by atoms with Crippen molar-refractivity contribution < 1.29 is 23.8 Å². The fraction of sp³-hybridized carbons (Fsp3) is 0.333. The molecule has 1 aliphatic heterocycles. The van der Waals surface area contributed by atoms with Crippen LogP contribution in [0.2, 0.25) is 0 Å². The number of rotatable bonds is 9. The van der Waals surface area contributed by atoms with Crippen LogP contribution in [-0.4, -0.2) is 70.8 Å². The summed E-state index contributed by atoms with van der Waals surface area (Å²) in [4.78, 5) is 21.5. The molecule has 1 unspecified atom stereocenters. The molecular formula is C27H31F2N3O3S. The average Bonchev–Trinajstić information content (AvgIpc) is 2.86. The van der Waals surface area contributed by atoms with E-state index in [2.05, 4.69) is 14.8 Å². The Labute approximate surface area is 214 Å². The summed E-state index contributed by atoms with van der Waals surface area (Å²) in [7, 11) is 0. The molecule has 9 heteroatoms. The van der Waals surface area contributed by atoms with Gasteiger partial charge in [-0.3, -0.25) is 19.6 Å². The van der Waals surface area contributed by atoms with E-state index in [1.165, 1.54) is 31.2 Å². The molecule has 36 heavy (non-hydrogen) atoms. The van der Waals surface area contributed by atoms with Gasteiger partial charge < -0.3 is 10.2 Å². The van der Waals surface area contributed by atoms with Crippen molar-refractivity contribution >= 4 is 17.7 Å². The number of esters is 1. The molecule has 1 fully saturated rings. The van der Waals surface area contributed by atoms with Gasteiger partial charge >= 0.3 is 5.97 Å². The molecule has 0 spiro atoms. The smallest absolute Gasteiger partial charge is 0.302 e. The third-order valence-electron chi connectivity index (χ3n) is 6.02. The van der Waals surface area contributed by atoms with Crippen LogP contribution in [0.15, 0.2) is 78.0 Å². The second kappa shape index (κ2) is 13.5. The fourth-order valence-corrected chi connectivity index (χ4v) is 5.24. The first-order chi connectivity index (χ1) is 17.0. The van der Waals surface area contributed by atoms with E-state index in [4.69, 9.17) is 4.74 Å². The molecule has 1 saturated heterocycles. The first-order valence-corrected chi connectivity index (χ1v) is 12.6. The number of carbonyl (C=O) groups excluding carboxylic acids is 1. The average molecular weight is 516 g/mol. The van der Waals surface area contributed by atoms with Crippen molar-refractivity contribution in [3.05, 3.63) is 95.8 Å². The topological polar surface area (TPSA) is 77.2 Å². The van der Waals surface area contributed by atoms with Gasteiger partial charge in [-0.2, -0.15) is 0 Å². The minimum Gasteiger partial charge on any atom is -0.460 e. The summed E-state index contributed by atoms with van der Waals surface area (Å²) in [5.41, 5.74) is 1.94. The molecule has 3 aromatic rings. The van der Waals surface area contributed by atoms with Crippen molar-refractivity contribution in [2.75, 3.05) is 38.5 Å². The number of aromatic nitrogens is 1. The maximum atomic E-state index is 13.6. The van der Waals surface area contributed by atoms with Crippen LogP contribution >= 0.6 is 11.8 Å². The van der Waals surface area contributed by atoms with Gasteiger partial charge in [0.15, 0.2) is 0 Å². The first kappa shape index (κ1) is 27.7. The van der Waals surface area contributed by atoms with Gasteiger partial charge in [-0.05, 0) is 47.5 Å². The summed E-state index contributed by atoms with van der Waals surface area (Å²) < 4.78 is 32.8. The summed E-state index contributed by atoms with van der Waals surface area (Å²) in [6.07, 6.45) is 3.28. The van der Waals surface area contributed by atoms with E-state index in [1.807, 2.05) is 12.1 Å². The molecule has 1 atom stereocenters. The lowest BCUT2D eigenvalue weighted by Gasteiger charge is -2.40. The first-order valence-electron chi connectivity index (χ1n) is 11.7. The number of halogens is 2.